The minimum Gasteiger partial charge on any atom is -0.467 e. The normalized spacial score (nSPS) is 9.94. The average Bonchev–Trinajstić information content (AvgIpc) is 2.41. The highest BCUT2D eigenvalue weighted by atomic mass is 127. The van der Waals surface area contributed by atoms with Crippen LogP contribution in [0, 0.1) is 3.57 Å². The zero-order chi connectivity index (χ0) is 13.0. The van der Waals surface area contributed by atoms with Gasteiger partial charge in [0.25, 0.3) is 0 Å². The molecule has 7 nitrogen and oxygen atoms in total. The number of ether oxygens (including phenoxy) is 1. The van der Waals surface area contributed by atoms with Crippen molar-refractivity contribution in [2.75, 3.05) is 17.9 Å². The maximum Gasteiger partial charge on any atom is 0.322 e. The first-order valence-corrected chi connectivity index (χ1v) is 6.09. The minimum absolute atomic E-state index is 0.186. The molecule has 0 spiro atoms. The second kappa shape index (κ2) is 5.78. The molecule has 0 aliphatic rings. The van der Waals surface area contributed by atoms with E-state index in [0.717, 1.165) is 9.26 Å². The summed E-state index contributed by atoms with van der Waals surface area (Å²) >= 11 is 2.22. The number of para-hydroxylation sites is 1. The van der Waals surface area contributed by atoms with E-state index < -0.39 is 0 Å². The van der Waals surface area contributed by atoms with E-state index in [-0.39, 0.29) is 12.0 Å². The summed E-state index contributed by atoms with van der Waals surface area (Å²) in [6, 6.07) is 7.96. The molecular weight excluding hydrogens is 347 g/mol. The van der Waals surface area contributed by atoms with Gasteiger partial charge in [-0.2, -0.15) is 15.0 Å². The summed E-state index contributed by atoms with van der Waals surface area (Å²) in [5.41, 5.74) is 3.26. The number of hydrogen-bond donors (Lipinski definition) is 3. The lowest BCUT2D eigenvalue weighted by Crippen LogP contribution is -2.13. The molecule has 0 aliphatic carbocycles. The predicted octanol–water partition coefficient (Wildman–Crippen LogP) is 1.51. The predicted molar refractivity (Wildman–Crippen MR) is 76.6 cm³/mol. The molecule has 94 valence electrons. The van der Waals surface area contributed by atoms with Crippen LogP contribution in [0.25, 0.3) is 0 Å². The van der Waals surface area contributed by atoms with Gasteiger partial charge in [0.15, 0.2) is 0 Å². The van der Waals surface area contributed by atoms with Gasteiger partial charge in [-0.3, -0.25) is 5.43 Å². The topological polar surface area (TPSA) is 98.0 Å². The Morgan fingerprint density at radius 2 is 1.89 bits per heavy atom. The molecule has 8 heteroatoms. The Morgan fingerprint density at radius 3 is 2.56 bits per heavy atom. The van der Waals surface area contributed by atoms with Crippen molar-refractivity contribution >= 4 is 40.2 Å². The molecule has 0 aliphatic heterocycles. The van der Waals surface area contributed by atoms with Crippen molar-refractivity contribution in [3.8, 4) is 6.01 Å². The van der Waals surface area contributed by atoms with E-state index in [4.69, 9.17) is 10.6 Å². The number of hydrazine groups is 1. The summed E-state index contributed by atoms with van der Waals surface area (Å²) < 4.78 is 6.02. The quantitative estimate of drug-likeness (QED) is 0.433. The Kier molecular flexibility index (Phi) is 4.10. The van der Waals surface area contributed by atoms with Gasteiger partial charge in [0.05, 0.1) is 12.8 Å². The highest BCUT2D eigenvalue weighted by molar-refractivity contribution is 14.1. The lowest BCUT2D eigenvalue weighted by Gasteiger charge is -2.08. The molecule has 1 heterocycles. The van der Waals surface area contributed by atoms with E-state index in [1.165, 1.54) is 7.11 Å². The van der Waals surface area contributed by atoms with Crippen molar-refractivity contribution in [3.63, 3.8) is 0 Å². The van der Waals surface area contributed by atoms with Gasteiger partial charge in [-0.05, 0) is 34.7 Å². The van der Waals surface area contributed by atoms with Crippen LogP contribution in [0.15, 0.2) is 24.3 Å². The smallest absolute Gasteiger partial charge is 0.322 e. The fraction of sp³-hybridized carbons (Fsp3) is 0.100. The van der Waals surface area contributed by atoms with Crippen LogP contribution < -0.4 is 21.3 Å². The number of aromatic nitrogens is 3. The van der Waals surface area contributed by atoms with Crippen molar-refractivity contribution in [1.29, 1.82) is 0 Å². The van der Waals surface area contributed by atoms with E-state index in [2.05, 4.69) is 48.3 Å². The van der Waals surface area contributed by atoms with Crippen LogP contribution in [-0.4, -0.2) is 22.1 Å². The number of methoxy groups -OCH3 is 1. The molecule has 0 atom stereocenters. The van der Waals surface area contributed by atoms with Gasteiger partial charge in [0.1, 0.15) is 0 Å². The zero-order valence-corrected chi connectivity index (χ0v) is 11.7. The Morgan fingerprint density at radius 1 is 1.17 bits per heavy atom. The third-order valence-electron chi connectivity index (χ3n) is 2.05. The van der Waals surface area contributed by atoms with Crippen LogP contribution >= 0.6 is 22.6 Å². The first-order chi connectivity index (χ1) is 8.72. The number of nitrogens with one attached hydrogen (secondary N) is 2. The van der Waals surface area contributed by atoms with Crippen LogP contribution in [0.3, 0.4) is 0 Å². The fourth-order valence-corrected chi connectivity index (χ4v) is 1.77. The number of halogens is 1. The number of nitrogens with zero attached hydrogens (tertiary/aromatic N) is 3. The largest absolute Gasteiger partial charge is 0.467 e. The van der Waals surface area contributed by atoms with E-state index >= 15 is 0 Å². The van der Waals surface area contributed by atoms with E-state index in [0.29, 0.717) is 5.95 Å². The Hall–Kier alpha value is -1.68. The van der Waals surface area contributed by atoms with Gasteiger partial charge in [-0.1, -0.05) is 12.1 Å². The molecule has 0 saturated carbocycles. The van der Waals surface area contributed by atoms with Gasteiger partial charge in [-0.15, -0.1) is 0 Å². The monoisotopic (exact) mass is 358 g/mol. The number of anilines is 3. The highest BCUT2D eigenvalue weighted by Gasteiger charge is 2.07. The third-order valence-corrected chi connectivity index (χ3v) is 2.99. The van der Waals surface area contributed by atoms with Crippen molar-refractivity contribution < 1.29 is 4.74 Å². The fourth-order valence-electron chi connectivity index (χ4n) is 1.25. The van der Waals surface area contributed by atoms with Crippen molar-refractivity contribution in [1.82, 2.24) is 15.0 Å². The van der Waals surface area contributed by atoms with Gasteiger partial charge in [-0.25, -0.2) is 5.84 Å². The molecule has 0 unspecified atom stereocenters. The summed E-state index contributed by atoms with van der Waals surface area (Å²) in [5.74, 6) is 5.87. The molecule has 0 bridgehead atoms. The lowest BCUT2D eigenvalue weighted by molar-refractivity contribution is 0.379. The minimum atomic E-state index is 0.186. The van der Waals surface area contributed by atoms with Gasteiger partial charge < -0.3 is 10.1 Å². The van der Waals surface area contributed by atoms with Crippen LogP contribution in [0.5, 0.6) is 6.01 Å². The van der Waals surface area contributed by atoms with Crippen molar-refractivity contribution in [2.24, 2.45) is 5.84 Å². The third kappa shape index (κ3) is 2.96. The molecular formula is C10H11IN6O. The molecule has 1 aromatic heterocycles. The molecule has 0 saturated heterocycles. The Bertz CT molecular complexity index is 527. The molecule has 18 heavy (non-hydrogen) atoms. The Balaban J connectivity index is 2.31. The van der Waals surface area contributed by atoms with E-state index in [1.807, 2.05) is 24.3 Å². The molecule has 0 radical (unpaired) electrons. The summed E-state index contributed by atoms with van der Waals surface area (Å²) in [6.07, 6.45) is 0. The van der Waals surface area contributed by atoms with Crippen LogP contribution in [0.1, 0.15) is 0 Å². The number of rotatable bonds is 4. The molecule has 0 amide bonds. The highest BCUT2D eigenvalue weighted by Crippen LogP contribution is 2.21. The molecule has 4 N–H and O–H groups in total. The maximum absolute atomic E-state index is 5.28. The molecule has 1 aromatic carbocycles. The second-order valence-electron chi connectivity index (χ2n) is 3.22. The van der Waals surface area contributed by atoms with E-state index in [1.54, 1.807) is 0 Å². The number of benzene rings is 1. The standard InChI is InChI=1S/C10H11IN6O/c1-18-10-15-8(14-9(16-10)17-12)13-7-5-3-2-4-6(7)11/h2-5H,12H2,1H3,(H2,13,14,15,16,17). The molecule has 0 fully saturated rings. The Labute approximate surface area is 117 Å². The van der Waals surface area contributed by atoms with E-state index in [9.17, 15) is 0 Å². The van der Waals surface area contributed by atoms with Gasteiger partial charge >= 0.3 is 6.01 Å². The number of nitrogen functional groups attached to an aromatic ring is 1. The summed E-state index contributed by atoms with van der Waals surface area (Å²) in [7, 11) is 1.48. The molecule has 2 rings (SSSR count). The number of nitrogens with two attached hydrogens (primary N) is 1. The van der Waals surface area contributed by atoms with Gasteiger partial charge in [0.2, 0.25) is 11.9 Å². The first kappa shape index (κ1) is 12.8. The summed E-state index contributed by atoms with van der Waals surface area (Å²) in [4.78, 5) is 12.1. The number of hydrogen-bond acceptors (Lipinski definition) is 7. The summed E-state index contributed by atoms with van der Waals surface area (Å²) in [5, 5.41) is 3.08. The lowest BCUT2D eigenvalue weighted by atomic mass is 10.3. The maximum atomic E-state index is 5.28. The molecule has 2 aromatic rings. The van der Waals surface area contributed by atoms with Crippen molar-refractivity contribution in [3.05, 3.63) is 27.8 Å². The van der Waals surface area contributed by atoms with Crippen LogP contribution in [0.4, 0.5) is 17.6 Å². The SMILES string of the molecule is COc1nc(NN)nc(Nc2ccccc2I)n1. The van der Waals surface area contributed by atoms with Crippen molar-refractivity contribution in [2.45, 2.75) is 0 Å². The van der Waals surface area contributed by atoms with Gasteiger partial charge in [0, 0.05) is 3.57 Å². The summed E-state index contributed by atoms with van der Waals surface area (Å²) in [6.45, 7) is 0. The average molecular weight is 358 g/mol. The van der Waals surface area contributed by atoms with Crippen LogP contribution in [0.2, 0.25) is 0 Å². The zero-order valence-electron chi connectivity index (χ0n) is 9.51. The van der Waals surface area contributed by atoms with Crippen LogP contribution in [-0.2, 0) is 0 Å². The second-order valence-corrected chi connectivity index (χ2v) is 4.38. The first-order valence-electron chi connectivity index (χ1n) is 5.01.